The second kappa shape index (κ2) is 14.4. The third kappa shape index (κ3) is 7.67. The van der Waals surface area contributed by atoms with Gasteiger partial charge in [-0.25, -0.2) is 4.79 Å². The lowest BCUT2D eigenvalue weighted by Crippen LogP contribution is -2.39. The van der Waals surface area contributed by atoms with Crippen molar-refractivity contribution in [1.29, 1.82) is 0 Å². The van der Waals surface area contributed by atoms with Crippen molar-refractivity contribution in [1.82, 2.24) is 5.06 Å². The quantitative estimate of drug-likeness (QED) is 0.279. The zero-order valence-electron chi connectivity index (χ0n) is 21.4. The van der Waals surface area contributed by atoms with Crippen molar-refractivity contribution in [2.45, 2.75) is 58.2 Å². The highest BCUT2D eigenvalue weighted by Crippen LogP contribution is 2.33. The second-order valence-electron chi connectivity index (χ2n) is 8.78. The number of hydrogen-bond acceptors (Lipinski definition) is 7. The number of carbonyl (C=O) groups is 2. The highest BCUT2D eigenvalue weighted by Gasteiger charge is 2.51. The van der Waals surface area contributed by atoms with E-state index >= 15 is 0 Å². The van der Waals surface area contributed by atoms with Gasteiger partial charge in [0.15, 0.2) is 6.10 Å². The minimum absolute atomic E-state index is 0.290. The summed E-state index contributed by atoms with van der Waals surface area (Å²) in [7, 11) is 1.62. The van der Waals surface area contributed by atoms with Crippen molar-refractivity contribution in [3.8, 4) is 5.75 Å². The summed E-state index contributed by atoms with van der Waals surface area (Å²) < 4.78 is 16.3. The molecule has 7 nitrogen and oxygen atoms in total. The lowest BCUT2D eigenvalue weighted by atomic mass is 9.93. The van der Waals surface area contributed by atoms with Crippen LogP contribution in [0, 0.1) is 5.92 Å². The minimum Gasteiger partial charge on any atom is -0.497 e. The number of nitrogens with zero attached hydrogens (tertiary/aromatic N) is 1. The summed E-state index contributed by atoms with van der Waals surface area (Å²) in [6, 6.07) is 16.9. The van der Waals surface area contributed by atoms with E-state index in [0.717, 1.165) is 42.6 Å². The summed E-state index contributed by atoms with van der Waals surface area (Å²) in [5.74, 6) is -1.09. The first-order chi connectivity index (χ1) is 17.6. The first-order valence-electron chi connectivity index (χ1n) is 12.7. The minimum atomic E-state index is -1.08. The Bertz CT molecular complexity index is 975. The van der Waals surface area contributed by atoms with Gasteiger partial charge in [-0.3, -0.25) is 9.63 Å². The molecule has 1 heterocycles. The van der Waals surface area contributed by atoms with Gasteiger partial charge in [0.2, 0.25) is 0 Å². The van der Waals surface area contributed by atoms with Crippen LogP contribution in [0.15, 0.2) is 60.7 Å². The molecule has 0 N–H and O–H groups in total. The predicted octanol–water partition coefficient (Wildman–Crippen LogP) is 5.20. The van der Waals surface area contributed by atoms with Crippen molar-refractivity contribution < 1.29 is 28.6 Å². The molecule has 0 aromatic heterocycles. The molecule has 194 valence electrons. The molecule has 36 heavy (non-hydrogen) atoms. The number of rotatable bonds is 13. The Balaban J connectivity index is 1.90. The summed E-state index contributed by atoms with van der Waals surface area (Å²) in [6.45, 7) is 5.04. The van der Waals surface area contributed by atoms with E-state index in [-0.39, 0.29) is 6.61 Å². The molecule has 3 rings (SSSR count). The number of carbonyl (C=O) groups excluding carboxylic acids is 2. The van der Waals surface area contributed by atoms with E-state index in [0.29, 0.717) is 13.2 Å². The highest BCUT2D eigenvalue weighted by atomic mass is 16.7. The highest BCUT2D eigenvalue weighted by molar-refractivity contribution is 5.85. The van der Waals surface area contributed by atoms with E-state index in [1.807, 2.05) is 80.6 Å². The van der Waals surface area contributed by atoms with Crippen LogP contribution in [-0.4, -0.2) is 49.5 Å². The standard InChI is InChI=1S/C29H37NO6/c1-4-6-19-34-28(31)26-25(18-15-22-13-16-24(33-3)17-14-22)30(21-23-11-9-8-10-12-23)36-27(26)29(32)35-20-7-5-2/h8-18,25-27H,4-7,19-21H2,1-3H3/b18-15+/t25-,26+,27-/m0/s1. The number of unbranched alkanes of at least 4 members (excludes halogenated alkanes) is 2. The van der Waals surface area contributed by atoms with Crippen LogP contribution in [0.1, 0.15) is 50.7 Å². The normalized spacial score (nSPS) is 19.9. The number of esters is 2. The molecular formula is C29H37NO6. The average Bonchev–Trinajstić information content (AvgIpc) is 3.26. The molecule has 2 aromatic rings. The van der Waals surface area contributed by atoms with Gasteiger partial charge < -0.3 is 14.2 Å². The maximum Gasteiger partial charge on any atom is 0.338 e. The monoisotopic (exact) mass is 495 g/mol. The van der Waals surface area contributed by atoms with E-state index in [9.17, 15) is 9.59 Å². The zero-order valence-corrected chi connectivity index (χ0v) is 21.4. The molecule has 0 radical (unpaired) electrons. The molecule has 0 spiro atoms. The Labute approximate surface area is 213 Å². The van der Waals surface area contributed by atoms with Crippen molar-refractivity contribution >= 4 is 18.0 Å². The van der Waals surface area contributed by atoms with Gasteiger partial charge in [-0.05, 0) is 36.1 Å². The summed E-state index contributed by atoms with van der Waals surface area (Å²) in [5, 5.41) is 1.69. The van der Waals surface area contributed by atoms with Gasteiger partial charge in [0, 0.05) is 6.54 Å². The number of hydrogen-bond donors (Lipinski definition) is 0. The third-order valence-corrected chi connectivity index (χ3v) is 6.05. The molecule has 0 unspecified atom stereocenters. The van der Waals surface area contributed by atoms with E-state index in [2.05, 4.69) is 0 Å². The Hall–Kier alpha value is -3.16. The van der Waals surface area contributed by atoms with Gasteiger partial charge in [0.1, 0.15) is 11.7 Å². The topological polar surface area (TPSA) is 74.3 Å². The third-order valence-electron chi connectivity index (χ3n) is 6.05. The Morgan fingerprint density at radius 3 is 2.17 bits per heavy atom. The smallest absolute Gasteiger partial charge is 0.338 e. The fourth-order valence-electron chi connectivity index (χ4n) is 3.95. The Morgan fingerprint density at radius 2 is 1.56 bits per heavy atom. The molecule has 0 aliphatic carbocycles. The average molecular weight is 496 g/mol. The first-order valence-corrected chi connectivity index (χ1v) is 12.7. The fraction of sp³-hybridized carbons (Fsp3) is 0.448. The number of methoxy groups -OCH3 is 1. The maximum atomic E-state index is 13.3. The van der Waals surface area contributed by atoms with Crippen LogP contribution in [0.2, 0.25) is 0 Å². The van der Waals surface area contributed by atoms with Crippen molar-refractivity contribution in [2.24, 2.45) is 5.92 Å². The molecule has 1 fully saturated rings. The summed E-state index contributed by atoms with van der Waals surface area (Å²) in [4.78, 5) is 32.4. The van der Waals surface area contributed by atoms with Gasteiger partial charge in [0.05, 0.1) is 26.4 Å². The van der Waals surface area contributed by atoms with Crippen LogP contribution in [0.5, 0.6) is 5.75 Å². The van der Waals surface area contributed by atoms with E-state index in [1.54, 1.807) is 12.2 Å². The SMILES string of the molecule is CCCCOC(=O)[C@H]1[C@@H](C(=O)OCCCC)ON(Cc2ccccc2)[C@H]1/C=C/c1ccc(OC)cc1. The summed E-state index contributed by atoms with van der Waals surface area (Å²) in [6.07, 6.45) is 6.04. The van der Waals surface area contributed by atoms with Crippen molar-refractivity contribution in [3.05, 3.63) is 71.8 Å². The van der Waals surface area contributed by atoms with Crippen LogP contribution in [0.25, 0.3) is 6.08 Å². The van der Waals surface area contributed by atoms with Crippen LogP contribution >= 0.6 is 0 Å². The zero-order chi connectivity index (χ0) is 25.8. The molecule has 1 saturated heterocycles. The number of benzene rings is 2. The van der Waals surface area contributed by atoms with E-state index < -0.39 is 30.0 Å². The van der Waals surface area contributed by atoms with Crippen LogP contribution < -0.4 is 4.74 Å². The van der Waals surface area contributed by atoms with Crippen LogP contribution in [0.4, 0.5) is 0 Å². The predicted molar refractivity (Wildman–Crippen MR) is 138 cm³/mol. The number of hydroxylamine groups is 2. The Kier molecular flexibility index (Phi) is 11.0. The largest absolute Gasteiger partial charge is 0.497 e. The molecule has 1 aliphatic rings. The van der Waals surface area contributed by atoms with Crippen LogP contribution in [0.3, 0.4) is 0 Å². The second-order valence-corrected chi connectivity index (χ2v) is 8.78. The summed E-state index contributed by atoms with van der Waals surface area (Å²) in [5.41, 5.74) is 1.93. The first kappa shape index (κ1) is 27.4. The van der Waals surface area contributed by atoms with Gasteiger partial charge in [-0.15, -0.1) is 0 Å². The molecular weight excluding hydrogens is 458 g/mol. The van der Waals surface area contributed by atoms with Gasteiger partial charge in [-0.1, -0.05) is 81.3 Å². The lowest BCUT2D eigenvalue weighted by Gasteiger charge is -2.22. The fourth-order valence-corrected chi connectivity index (χ4v) is 3.95. The van der Waals surface area contributed by atoms with E-state index in [1.165, 1.54) is 0 Å². The lowest BCUT2D eigenvalue weighted by molar-refractivity contribution is -0.192. The summed E-state index contributed by atoms with van der Waals surface area (Å²) >= 11 is 0. The van der Waals surface area contributed by atoms with E-state index in [4.69, 9.17) is 19.0 Å². The number of ether oxygens (including phenoxy) is 3. The molecule has 3 atom stereocenters. The molecule has 7 heteroatoms. The molecule has 0 saturated carbocycles. The molecule has 2 aromatic carbocycles. The van der Waals surface area contributed by atoms with Gasteiger partial charge in [-0.2, -0.15) is 5.06 Å². The van der Waals surface area contributed by atoms with Crippen molar-refractivity contribution in [3.63, 3.8) is 0 Å². The van der Waals surface area contributed by atoms with Gasteiger partial charge in [0.25, 0.3) is 0 Å². The maximum absolute atomic E-state index is 13.3. The van der Waals surface area contributed by atoms with Crippen LogP contribution in [-0.2, 0) is 30.4 Å². The molecule has 0 amide bonds. The molecule has 1 aliphatic heterocycles. The molecule has 0 bridgehead atoms. The van der Waals surface area contributed by atoms with Gasteiger partial charge >= 0.3 is 11.9 Å². The van der Waals surface area contributed by atoms with Crippen molar-refractivity contribution in [2.75, 3.05) is 20.3 Å². The Morgan fingerprint density at radius 1 is 0.917 bits per heavy atom.